The second-order valence-corrected chi connectivity index (χ2v) is 4.62. The second-order valence-electron chi connectivity index (χ2n) is 4.62. The lowest BCUT2D eigenvalue weighted by atomic mass is 10.1. The number of nitrogen functional groups attached to an aromatic ring is 1. The Hall–Kier alpha value is -2.23. The molecule has 1 aromatic carbocycles. The van der Waals surface area contributed by atoms with Crippen LogP contribution in [0, 0.1) is 0 Å². The average molecular weight is 256 g/mol. The van der Waals surface area contributed by atoms with Crippen LogP contribution in [0.1, 0.15) is 12.1 Å². The fraction of sp³-hybridized carbons (Fsp3) is 0.267. The lowest BCUT2D eigenvalue weighted by Crippen LogP contribution is -2.29. The summed E-state index contributed by atoms with van der Waals surface area (Å²) in [5.41, 5.74) is 7.47. The van der Waals surface area contributed by atoms with Gasteiger partial charge in [-0.1, -0.05) is 12.1 Å². The van der Waals surface area contributed by atoms with Crippen LogP contribution in [-0.2, 0) is 6.42 Å². The molecule has 0 saturated carbocycles. The minimum Gasteiger partial charge on any atom is -0.486 e. The number of ether oxygens (including phenoxy) is 2. The first-order valence-electron chi connectivity index (χ1n) is 6.40. The molecule has 0 radical (unpaired) electrons. The summed E-state index contributed by atoms with van der Waals surface area (Å²) in [5, 5.41) is 0. The van der Waals surface area contributed by atoms with Gasteiger partial charge in [0.1, 0.15) is 12.7 Å². The maximum absolute atomic E-state index is 5.90. The van der Waals surface area contributed by atoms with E-state index in [2.05, 4.69) is 4.98 Å². The zero-order chi connectivity index (χ0) is 13.1. The van der Waals surface area contributed by atoms with E-state index in [4.69, 9.17) is 15.2 Å². The molecule has 3 rings (SSSR count). The summed E-state index contributed by atoms with van der Waals surface area (Å²) < 4.78 is 11.6. The number of hydrogen-bond acceptors (Lipinski definition) is 4. The molecule has 0 bridgehead atoms. The number of nitrogens with two attached hydrogens (primary N) is 1. The van der Waals surface area contributed by atoms with Gasteiger partial charge in [0.2, 0.25) is 0 Å². The van der Waals surface area contributed by atoms with Gasteiger partial charge in [-0.25, -0.2) is 0 Å². The zero-order valence-corrected chi connectivity index (χ0v) is 10.6. The molecule has 19 heavy (non-hydrogen) atoms. The third kappa shape index (κ3) is 2.78. The summed E-state index contributed by atoms with van der Waals surface area (Å²) in [6.45, 7) is 0.583. The summed E-state index contributed by atoms with van der Waals surface area (Å²) >= 11 is 0. The maximum Gasteiger partial charge on any atom is 0.161 e. The third-order valence-corrected chi connectivity index (χ3v) is 3.13. The zero-order valence-electron chi connectivity index (χ0n) is 10.6. The molecule has 2 aromatic rings. The lowest BCUT2D eigenvalue weighted by molar-refractivity contribution is 0.0849. The summed E-state index contributed by atoms with van der Waals surface area (Å²) in [5.74, 6) is 1.64. The minimum atomic E-state index is 0.0677. The van der Waals surface area contributed by atoms with Crippen molar-refractivity contribution in [1.29, 1.82) is 0 Å². The summed E-state index contributed by atoms with van der Waals surface area (Å²) in [6.07, 6.45) is 3.50. The maximum atomic E-state index is 5.90. The molecule has 1 atom stereocenters. The van der Waals surface area contributed by atoms with Crippen LogP contribution in [0.4, 0.5) is 5.69 Å². The Morgan fingerprint density at radius 1 is 1.21 bits per heavy atom. The van der Waals surface area contributed by atoms with Crippen LogP contribution < -0.4 is 15.2 Å². The Labute approximate surface area is 112 Å². The van der Waals surface area contributed by atoms with Crippen LogP contribution in [0.15, 0.2) is 42.6 Å². The van der Waals surface area contributed by atoms with Crippen molar-refractivity contribution < 1.29 is 9.47 Å². The van der Waals surface area contributed by atoms with Crippen LogP contribution in [0.3, 0.4) is 0 Å². The van der Waals surface area contributed by atoms with Crippen molar-refractivity contribution in [3.05, 3.63) is 48.3 Å². The average Bonchev–Trinajstić information content (AvgIpc) is 2.45. The minimum absolute atomic E-state index is 0.0677. The first-order chi connectivity index (χ1) is 9.31. The Kier molecular flexibility index (Phi) is 3.23. The lowest BCUT2D eigenvalue weighted by Gasteiger charge is -2.26. The van der Waals surface area contributed by atoms with E-state index in [9.17, 15) is 0 Å². The number of nitrogens with zero attached hydrogens (tertiary/aromatic N) is 1. The Balaban J connectivity index is 1.61. The van der Waals surface area contributed by atoms with Gasteiger partial charge in [-0.2, -0.15) is 0 Å². The number of benzene rings is 1. The summed E-state index contributed by atoms with van der Waals surface area (Å²) in [6, 6.07) is 11.4. The monoisotopic (exact) mass is 256 g/mol. The van der Waals surface area contributed by atoms with Crippen molar-refractivity contribution in [2.24, 2.45) is 0 Å². The molecule has 1 aromatic heterocycles. The molecule has 2 N–H and O–H groups in total. The van der Waals surface area contributed by atoms with Gasteiger partial charge >= 0.3 is 0 Å². The molecule has 1 aliphatic rings. The molecule has 4 nitrogen and oxygen atoms in total. The molecular weight excluding hydrogens is 240 g/mol. The van der Waals surface area contributed by atoms with E-state index in [-0.39, 0.29) is 6.10 Å². The number of para-hydroxylation sites is 2. The molecule has 0 saturated heterocycles. The Morgan fingerprint density at radius 2 is 2.05 bits per heavy atom. The number of pyridine rings is 1. The predicted octanol–water partition coefficient (Wildman–Crippen LogP) is 2.44. The molecule has 0 unspecified atom stereocenters. The van der Waals surface area contributed by atoms with Crippen molar-refractivity contribution in [3.63, 3.8) is 0 Å². The number of aryl methyl sites for hydroxylation is 1. The number of anilines is 1. The molecule has 4 heteroatoms. The van der Waals surface area contributed by atoms with Crippen LogP contribution in [0.5, 0.6) is 11.5 Å². The van der Waals surface area contributed by atoms with Crippen molar-refractivity contribution >= 4 is 5.69 Å². The number of rotatable bonds is 3. The van der Waals surface area contributed by atoms with E-state index in [1.165, 1.54) is 0 Å². The Morgan fingerprint density at radius 3 is 2.89 bits per heavy atom. The van der Waals surface area contributed by atoms with Gasteiger partial charge in [-0.3, -0.25) is 4.98 Å². The van der Waals surface area contributed by atoms with Crippen molar-refractivity contribution in [3.8, 4) is 11.5 Å². The fourth-order valence-electron chi connectivity index (χ4n) is 2.15. The van der Waals surface area contributed by atoms with Gasteiger partial charge in [0.25, 0.3) is 0 Å². The number of fused-ring (bicyclic) bond motifs is 1. The molecule has 2 heterocycles. The van der Waals surface area contributed by atoms with Crippen LogP contribution in [0.2, 0.25) is 0 Å². The quantitative estimate of drug-likeness (QED) is 0.916. The van der Waals surface area contributed by atoms with Gasteiger partial charge in [-0.05, 0) is 37.1 Å². The summed E-state index contributed by atoms with van der Waals surface area (Å²) in [4.78, 5) is 4.29. The topological polar surface area (TPSA) is 57.4 Å². The molecule has 0 spiro atoms. The highest BCUT2D eigenvalue weighted by atomic mass is 16.6. The van der Waals surface area contributed by atoms with Crippen molar-refractivity contribution in [2.45, 2.75) is 18.9 Å². The number of aromatic nitrogens is 1. The predicted molar refractivity (Wildman–Crippen MR) is 73.3 cm³/mol. The molecule has 0 fully saturated rings. The smallest absolute Gasteiger partial charge is 0.161 e. The van der Waals surface area contributed by atoms with Gasteiger partial charge in [0.15, 0.2) is 11.5 Å². The summed E-state index contributed by atoms with van der Waals surface area (Å²) in [7, 11) is 0. The van der Waals surface area contributed by atoms with Crippen LogP contribution in [0.25, 0.3) is 0 Å². The van der Waals surface area contributed by atoms with E-state index in [0.717, 1.165) is 35.7 Å². The molecule has 0 amide bonds. The van der Waals surface area contributed by atoms with Gasteiger partial charge in [-0.15, -0.1) is 0 Å². The standard InChI is InChI=1S/C15H16N2O2/c16-11-7-8-17-12(9-11)5-6-13-10-18-14-3-1-2-4-15(14)19-13/h1-4,7-9,13H,5-6,10H2,(H2,16,17)/t13-/m0/s1. The molecular formula is C15H16N2O2. The highest BCUT2D eigenvalue weighted by Gasteiger charge is 2.20. The van der Waals surface area contributed by atoms with Crippen molar-refractivity contribution in [2.75, 3.05) is 12.3 Å². The molecule has 1 aliphatic heterocycles. The first kappa shape index (κ1) is 11.8. The van der Waals surface area contributed by atoms with E-state index in [1.54, 1.807) is 12.3 Å². The third-order valence-electron chi connectivity index (χ3n) is 3.13. The molecule has 0 aliphatic carbocycles. The van der Waals surface area contributed by atoms with Crippen LogP contribution >= 0.6 is 0 Å². The van der Waals surface area contributed by atoms with E-state index in [1.807, 2.05) is 30.3 Å². The number of hydrogen-bond donors (Lipinski definition) is 1. The highest BCUT2D eigenvalue weighted by molar-refractivity contribution is 5.40. The highest BCUT2D eigenvalue weighted by Crippen LogP contribution is 2.31. The Bertz CT molecular complexity index is 572. The van der Waals surface area contributed by atoms with E-state index >= 15 is 0 Å². The van der Waals surface area contributed by atoms with Crippen LogP contribution in [-0.4, -0.2) is 17.7 Å². The van der Waals surface area contributed by atoms with E-state index < -0.39 is 0 Å². The second kappa shape index (κ2) is 5.18. The SMILES string of the molecule is Nc1ccnc(CC[C@H]2COc3ccccc3O2)c1. The fourth-order valence-corrected chi connectivity index (χ4v) is 2.15. The first-order valence-corrected chi connectivity index (χ1v) is 6.40. The van der Waals surface area contributed by atoms with E-state index in [0.29, 0.717) is 6.61 Å². The molecule has 98 valence electrons. The normalized spacial score (nSPS) is 17.2. The van der Waals surface area contributed by atoms with Gasteiger partial charge in [0, 0.05) is 17.6 Å². The van der Waals surface area contributed by atoms with Gasteiger partial charge < -0.3 is 15.2 Å². The van der Waals surface area contributed by atoms with Crippen molar-refractivity contribution in [1.82, 2.24) is 4.98 Å². The van der Waals surface area contributed by atoms with Gasteiger partial charge in [0.05, 0.1) is 0 Å². The largest absolute Gasteiger partial charge is 0.486 e.